The molecular weight excluding hydrogens is 370 g/mol. The van der Waals surface area contributed by atoms with E-state index in [1.807, 2.05) is 29.6 Å². The van der Waals surface area contributed by atoms with Crippen LogP contribution in [0.2, 0.25) is 5.02 Å². The number of morpholine rings is 1. The topological polar surface area (TPSA) is 45.7 Å². The average molecular weight is 392 g/mol. The van der Waals surface area contributed by atoms with Crippen LogP contribution in [0.3, 0.4) is 0 Å². The Morgan fingerprint density at radius 1 is 1.42 bits per heavy atom. The van der Waals surface area contributed by atoms with Gasteiger partial charge in [-0.05, 0) is 23.8 Å². The molecule has 0 aliphatic carbocycles. The molecule has 0 radical (unpaired) electrons. The van der Waals surface area contributed by atoms with E-state index in [-0.39, 0.29) is 5.91 Å². The first-order valence-electron chi connectivity index (χ1n) is 8.52. The second-order valence-electron chi connectivity index (χ2n) is 6.20. The lowest BCUT2D eigenvalue weighted by Gasteiger charge is -2.25. The third-order valence-corrected chi connectivity index (χ3v) is 5.22. The summed E-state index contributed by atoms with van der Waals surface area (Å²) in [7, 11) is 1.78. The van der Waals surface area contributed by atoms with Crippen LogP contribution in [0.4, 0.5) is 0 Å². The molecule has 0 saturated carbocycles. The molecule has 0 unspecified atom stereocenters. The third kappa shape index (κ3) is 5.64. The number of likely N-dealkylation sites (N-methyl/N-ethyl adjacent to an activating group) is 1. The van der Waals surface area contributed by atoms with Crippen molar-refractivity contribution in [2.45, 2.75) is 13.1 Å². The number of hydrogen-bond donors (Lipinski definition) is 0. The first-order chi connectivity index (χ1) is 12.6. The SMILES string of the molecule is CN(Cc1csc(CN2CCOCC2)n1)C(=O)/C=C/c1cccc(Cl)c1. The molecule has 1 fully saturated rings. The Morgan fingerprint density at radius 2 is 2.23 bits per heavy atom. The molecule has 1 saturated heterocycles. The van der Waals surface area contributed by atoms with E-state index in [0.29, 0.717) is 11.6 Å². The van der Waals surface area contributed by atoms with Crippen molar-refractivity contribution in [3.63, 3.8) is 0 Å². The summed E-state index contributed by atoms with van der Waals surface area (Å²) < 4.78 is 5.37. The highest BCUT2D eigenvalue weighted by Gasteiger charge is 2.14. The molecule has 2 heterocycles. The molecule has 26 heavy (non-hydrogen) atoms. The van der Waals surface area contributed by atoms with Crippen LogP contribution in [0, 0.1) is 0 Å². The van der Waals surface area contributed by atoms with Gasteiger partial charge in [-0.1, -0.05) is 23.7 Å². The molecule has 5 nitrogen and oxygen atoms in total. The van der Waals surface area contributed by atoms with Crippen molar-refractivity contribution in [2.75, 3.05) is 33.4 Å². The van der Waals surface area contributed by atoms with Crippen LogP contribution in [-0.2, 0) is 22.6 Å². The van der Waals surface area contributed by atoms with E-state index in [2.05, 4.69) is 9.88 Å². The fraction of sp³-hybridized carbons (Fsp3) is 0.368. The van der Waals surface area contributed by atoms with E-state index in [4.69, 9.17) is 16.3 Å². The minimum Gasteiger partial charge on any atom is -0.379 e. The highest BCUT2D eigenvalue weighted by Crippen LogP contribution is 2.15. The summed E-state index contributed by atoms with van der Waals surface area (Å²) in [5.74, 6) is -0.0623. The summed E-state index contributed by atoms with van der Waals surface area (Å²) >= 11 is 7.60. The van der Waals surface area contributed by atoms with Gasteiger partial charge >= 0.3 is 0 Å². The van der Waals surface area contributed by atoms with Crippen LogP contribution < -0.4 is 0 Å². The zero-order valence-electron chi connectivity index (χ0n) is 14.7. The van der Waals surface area contributed by atoms with Gasteiger partial charge in [0.15, 0.2) is 0 Å². The summed E-state index contributed by atoms with van der Waals surface area (Å²) in [4.78, 5) is 20.9. The normalized spacial score (nSPS) is 15.5. The van der Waals surface area contributed by atoms with E-state index < -0.39 is 0 Å². The second-order valence-corrected chi connectivity index (χ2v) is 7.58. The van der Waals surface area contributed by atoms with Crippen LogP contribution in [0.25, 0.3) is 6.08 Å². The van der Waals surface area contributed by atoms with Crippen molar-refractivity contribution in [3.05, 3.63) is 57.0 Å². The number of ether oxygens (including phenoxy) is 1. The standard InChI is InChI=1S/C19H22ClN3O2S/c1-22(19(24)6-5-15-3-2-4-16(20)11-15)12-17-14-26-18(21-17)13-23-7-9-25-10-8-23/h2-6,11,14H,7-10,12-13H2,1H3/b6-5+. The molecule has 2 aromatic rings. The number of carbonyl (C=O) groups excluding carboxylic acids is 1. The molecule has 0 atom stereocenters. The summed E-state index contributed by atoms with van der Waals surface area (Å²) in [6.45, 7) is 4.81. The van der Waals surface area contributed by atoms with Crippen molar-refractivity contribution >= 4 is 34.9 Å². The molecule has 1 aromatic heterocycles. The lowest BCUT2D eigenvalue weighted by Crippen LogP contribution is -2.35. The molecule has 1 aromatic carbocycles. The van der Waals surface area contributed by atoms with Crippen LogP contribution in [-0.4, -0.2) is 54.0 Å². The third-order valence-electron chi connectivity index (χ3n) is 4.10. The molecule has 0 N–H and O–H groups in total. The molecule has 0 spiro atoms. The molecule has 3 rings (SSSR count). The van der Waals surface area contributed by atoms with Crippen molar-refractivity contribution in [2.24, 2.45) is 0 Å². The van der Waals surface area contributed by atoms with Gasteiger partial charge in [-0.25, -0.2) is 4.98 Å². The quantitative estimate of drug-likeness (QED) is 0.709. The number of aromatic nitrogens is 1. The van der Waals surface area contributed by atoms with E-state index in [1.165, 1.54) is 0 Å². The fourth-order valence-corrected chi connectivity index (χ4v) is 3.70. The number of halogens is 1. The fourth-order valence-electron chi connectivity index (χ4n) is 2.67. The van der Waals surface area contributed by atoms with Gasteiger partial charge < -0.3 is 9.64 Å². The molecule has 0 bridgehead atoms. The lowest BCUT2D eigenvalue weighted by atomic mass is 10.2. The van der Waals surface area contributed by atoms with Crippen LogP contribution >= 0.6 is 22.9 Å². The van der Waals surface area contributed by atoms with Gasteiger partial charge in [0.25, 0.3) is 0 Å². The number of benzene rings is 1. The van der Waals surface area contributed by atoms with Crippen molar-refractivity contribution in [1.29, 1.82) is 0 Å². The molecule has 1 aliphatic heterocycles. The second kappa shape index (κ2) is 9.28. The van der Waals surface area contributed by atoms with Crippen molar-refractivity contribution in [1.82, 2.24) is 14.8 Å². The van der Waals surface area contributed by atoms with Crippen molar-refractivity contribution in [3.8, 4) is 0 Å². The van der Waals surface area contributed by atoms with E-state index in [9.17, 15) is 4.79 Å². The predicted octanol–water partition coefficient (Wildman–Crippen LogP) is 3.30. The largest absolute Gasteiger partial charge is 0.379 e. The number of nitrogens with zero attached hydrogens (tertiary/aromatic N) is 3. The first-order valence-corrected chi connectivity index (χ1v) is 9.78. The Kier molecular flexibility index (Phi) is 6.80. The maximum atomic E-state index is 12.3. The Balaban J connectivity index is 1.52. The van der Waals surface area contributed by atoms with E-state index >= 15 is 0 Å². The minimum atomic E-state index is -0.0623. The predicted molar refractivity (Wildman–Crippen MR) is 105 cm³/mol. The van der Waals surface area contributed by atoms with Gasteiger partial charge in [0.05, 0.1) is 32.0 Å². The van der Waals surface area contributed by atoms with Gasteiger partial charge in [0.2, 0.25) is 5.91 Å². The Labute approximate surface area is 162 Å². The van der Waals surface area contributed by atoms with E-state index in [0.717, 1.165) is 49.1 Å². The van der Waals surface area contributed by atoms with Crippen LogP contribution in [0.1, 0.15) is 16.3 Å². The monoisotopic (exact) mass is 391 g/mol. The molecule has 1 amide bonds. The van der Waals surface area contributed by atoms with Crippen LogP contribution in [0.5, 0.6) is 0 Å². The average Bonchev–Trinajstić information content (AvgIpc) is 3.07. The summed E-state index contributed by atoms with van der Waals surface area (Å²) in [5, 5.41) is 3.76. The molecule has 1 aliphatic rings. The number of hydrogen-bond acceptors (Lipinski definition) is 5. The van der Waals surface area contributed by atoms with Gasteiger partial charge in [-0.2, -0.15) is 0 Å². The lowest BCUT2D eigenvalue weighted by molar-refractivity contribution is -0.125. The van der Waals surface area contributed by atoms with Gasteiger partial charge in [-0.15, -0.1) is 11.3 Å². The Morgan fingerprint density at radius 3 is 3.00 bits per heavy atom. The summed E-state index contributed by atoms with van der Waals surface area (Å²) in [6.07, 6.45) is 3.34. The van der Waals surface area contributed by atoms with Crippen molar-refractivity contribution < 1.29 is 9.53 Å². The number of carbonyl (C=O) groups is 1. The zero-order valence-corrected chi connectivity index (χ0v) is 16.3. The number of thiazole rings is 1. The first kappa shape index (κ1) is 19.0. The highest BCUT2D eigenvalue weighted by molar-refractivity contribution is 7.09. The maximum absolute atomic E-state index is 12.3. The zero-order chi connectivity index (χ0) is 18.4. The van der Waals surface area contributed by atoms with Crippen LogP contribution in [0.15, 0.2) is 35.7 Å². The van der Waals surface area contributed by atoms with Gasteiger partial charge in [0.1, 0.15) is 5.01 Å². The van der Waals surface area contributed by atoms with Gasteiger partial charge in [0, 0.05) is 36.6 Å². The molecule has 7 heteroatoms. The molecular formula is C19H22ClN3O2S. The Bertz CT molecular complexity index is 772. The minimum absolute atomic E-state index is 0.0623. The smallest absolute Gasteiger partial charge is 0.246 e. The Hall–Kier alpha value is -1.73. The number of rotatable bonds is 6. The summed E-state index contributed by atoms with van der Waals surface area (Å²) in [6, 6.07) is 7.41. The van der Waals surface area contributed by atoms with E-state index in [1.54, 1.807) is 35.4 Å². The maximum Gasteiger partial charge on any atom is 0.246 e. The number of amides is 1. The molecule has 138 valence electrons. The highest BCUT2D eigenvalue weighted by atomic mass is 35.5. The van der Waals surface area contributed by atoms with Gasteiger partial charge in [-0.3, -0.25) is 9.69 Å². The summed E-state index contributed by atoms with van der Waals surface area (Å²) in [5.41, 5.74) is 1.82.